The van der Waals surface area contributed by atoms with Gasteiger partial charge < -0.3 is 9.32 Å². The first-order chi connectivity index (χ1) is 8.77. The molecule has 0 saturated heterocycles. The van der Waals surface area contributed by atoms with Gasteiger partial charge in [-0.05, 0) is 43.5 Å². The summed E-state index contributed by atoms with van der Waals surface area (Å²) in [4.78, 5) is 14.3. The fraction of sp³-hybridized carbons (Fsp3) is 0.267. The Morgan fingerprint density at radius 2 is 2.11 bits per heavy atom. The number of rotatable bonds is 1. The van der Waals surface area contributed by atoms with E-state index in [4.69, 9.17) is 4.42 Å². The van der Waals surface area contributed by atoms with Crippen molar-refractivity contribution in [1.82, 2.24) is 0 Å². The van der Waals surface area contributed by atoms with Crippen molar-refractivity contribution in [3.05, 3.63) is 54.0 Å². The van der Waals surface area contributed by atoms with Crippen LogP contribution in [0.1, 0.15) is 29.5 Å². The molecule has 92 valence electrons. The van der Waals surface area contributed by atoms with Gasteiger partial charge in [0.2, 0.25) is 0 Å². The van der Waals surface area contributed by atoms with Crippen LogP contribution < -0.4 is 4.90 Å². The van der Waals surface area contributed by atoms with Crippen molar-refractivity contribution in [2.45, 2.75) is 25.8 Å². The highest BCUT2D eigenvalue weighted by atomic mass is 16.3. The molecule has 2 heterocycles. The predicted molar refractivity (Wildman–Crippen MR) is 69.7 cm³/mol. The molecule has 1 amide bonds. The maximum Gasteiger partial charge on any atom is 0.294 e. The summed E-state index contributed by atoms with van der Waals surface area (Å²) in [6, 6.07) is 11.7. The molecule has 3 rings (SSSR count). The molecule has 1 aromatic carbocycles. The van der Waals surface area contributed by atoms with Crippen molar-refractivity contribution >= 4 is 11.6 Å². The third-order valence-corrected chi connectivity index (χ3v) is 3.47. The zero-order chi connectivity index (χ0) is 12.5. The van der Waals surface area contributed by atoms with Gasteiger partial charge in [0.15, 0.2) is 5.76 Å². The molecule has 3 heteroatoms. The molecule has 3 nitrogen and oxygen atoms in total. The lowest BCUT2D eigenvalue weighted by Crippen LogP contribution is -2.41. The number of para-hydroxylation sites is 1. The lowest BCUT2D eigenvalue weighted by Gasteiger charge is -2.34. The van der Waals surface area contributed by atoms with Crippen LogP contribution in [0.25, 0.3) is 0 Å². The van der Waals surface area contributed by atoms with E-state index in [0.29, 0.717) is 5.76 Å². The molecule has 1 atom stereocenters. The summed E-state index contributed by atoms with van der Waals surface area (Å²) in [7, 11) is 0. The summed E-state index contributed by atoms with van der Waals surface area (Å²) in [6.45, 7) is 2.08. The minimum absolute atomic E-state index is 0.0559. The van der Waals surface area contributed by atoms with Gasteiger partial charge in [0.1, 0.15) is 0 Å². The number of fused-ring (bicyclic) bond motifs is 1. The molecule has 1 aliphatic rings. The van der Waals surface area contributed by atoms with Crippen LogP contribution in [0.5, 0.6) is 0 Å². The molecule has 0 unspecified atom stereocenters. The van der Waals surface area contributed by atoms with Crippen LogP contribution in [0.2, 0.25) is 0 Å². The van der Waals surface area contributed by atoms with Crippen molar-refractivity contribution in [2.75, 3.05) is 4.90 Å². The fourth-order valence-electron chi connectivity index (χ4n) is 2.52. The van der Waals surface area contributed by atoms with Crippen LogP contribution in [0.15, 0.2) is 47.1 Å². The molecule has 0 N–H and O–H groups in total. The van der Waals surface area contributed by atoms with Gasteiger partial charge in [-0.1, -0.05) is 18.2 Å². The lowest BCUT2D eigenvalue weighted by molar-refractivity contribution is 0.0948. The molecule has 0 saturated carbocycles. The highest BCUT2D eigenvalue weighted by Crippen LogP contribution is 2.31. The summed E-state index contributed by atoms with van der Waals surface area (Å²) in [5.41, 5.74) is 2.24. The first-order valence-electron chi connectivity index (χ1n) is 6.22. The molecular weight excluding hydrogens is 226 g/mol. The van der Waals surface area contributed by atoms with E-state index in [1.165, 1.54) is 11.8 Å². The van der Waals surface area contributed by atoms with Gasteiger partial charge in [0.25, 0.3) is 5.91 Å². The van der Waals surface area contributed by atoms with E-state index in [2.05, 4.69) is 13.0 Å². The molecule has 1 aliphatic heterocycles. The Hall–Kier alpha value is -2.03. The van der Waals surface area contributed by atoms with Crippen LogP contribution in [0, 0.1) is 0 Å². The van der Waals surface area contributed by atoms with Crippen LogP contribution in [0.3, 0.4) is 0 Å². The molecule has 1 aromatic heterocycles. The second-order valence-corrected chi connectivity index (χ2v) is 4.67. The largest absolute Gasteiger partial charge is 0.459 e. The quantitative estimate of drug-likeness (QED) is 0.767. The van der Waals surface area contributed by atoms with Gasteiger partial charge >= 0.3 is 0 Å². The number of anilines is 1. The number of aryl methyl sites for hydroxylation is 1. The molecular formula is C15H15NO2. The highest BCUT2D eigenvalue weighted by molar-refractivity contribution is 6.05. The molecule has 2 aromatic rings. The van der Waals surface area contributed by atoms with Gasteiger partial charge in [-0.25, -0.2) is 0 Å². The number of hydrogen-bond donors (Lipinski definition) is 0. The Bertz CT molecular complexity index is 560. The molecule has 0 aliphatic carbocycles. The molecule has 0 bridgehead atoms. The number of benzene rings is 1. The third-order valence-electron chi connectivity index (χ3n) is 3.47. The average molecular weight is 241 g/mol. The standard InChI is InChI=1S/C15H15NO2/c1-11-8-9-12-5-2-3-6-13(12)16(11)15(17)14-7-4-10-18-14/h2-7,10-11H,8-9H2,1H3/t11-/m0/s1. The smallest absolute Gasteiger partial charge is 0.294 e. The Labute approximate surface area is 106 Å². The molecule has 18 heavy (non-hydrogen) atoms. The van der Waals surface area contributed by atoms with Crippen molar-refractivity contribution in [1.29, 1.82) is 0 Å². The van der Waals surface area contributed by atoms with Crippen LogP contribution in [-0.2, 0) is 6.42 Å². The van der Waals surface area contributed by atoms with Crippen LogP contribution in [0.4, 0.5) is 5.69 Å². The topological polar surface area (TPSA) is 33.5 Å². The summed E-state index contributed by atoms with van der Waals surface area (Å²) in [5.74, 6) is 0.346. The molecule has 0 radical (unpaired) electrons. The second-order valence-electron chi connectivity index (χ2n) is 4.67. The maximum absolute atomic E-state index is 12.5. The molecule has 0 spiro atoms. The van der Waals surface area contributed by atoms with E-state index in [-0.39, 0.29) is 11.9 Å². The van der Waals surface area contributed by atoms with Crippen LogP contribution >= 0.6 is 0 Å². The number of carbonyl (C=O) groups is 1. The van der Waals surface area contributed by atoms with Crippen LogP contribution in [-0.4, -0.2) is 11.9 Å². The Morgan fingerprint density at radius 3 is 2.89 bits per heavy atom. The van der Waals surface area contributed by atoms with E-state index in [9.17, 15) is 4.79 Å². The van der Waals surface area contributed by atoms with E-state index in [1.807, 2.05) is 23.1 Å². The van der Waals surface area contributed by atoms with Crippen molar-refractivity contribution < 1.29 is 9.21 Å². The summed E-state index contributed by atoms with van der Waals surface area (Å²) in [5, 5.41) is 0. The number of furan rings is 1. The van der Waals surface area contributed by atoms with E-state index < -0.39 is 0 Å². The first kappa shape index (κ1) is 11.1. The second kappa shape index (κ2) is 4.33. The monoisotopic (exact) mass is 241 g/mol. The minimum atomic E-state index is -0.0559. The summed E-state index contributed by atoms with van der Waals surface area (Å²) in [6.07, 6.45) is 3.55. The van der Waals surface area contributed by atoms with Gasteiger partial charge in [-0.2, -0.15) is 0 Å². The normalized spacial score (nSPS) is 18.5. The summed E-state index contributed by atoms with van der Waals surface area (Å²) < 4.78 is 5.22. The zero-order valence-electron chi connectivity index (χ0n) is 10.3. The van der Waals surface area contributed by atoms with E-state index in [1.54, 1.807) is 12.1 Å². The van der Waals surface area contributed by atoms with Gasteiger partial charge in [0.05, 0.1) is 6.26 Å². The first-order valence-corrected chi connectivity index (χ1v) is 6.22. The summed E-state index contributed by atoms with van der Waals surface area (Å²) >= 11 is 0. The van der Waals surface area contributed by atoms with Gasteiger partial charge in [-0.15, -0.1) is 0 Å². The Balaban J connectivity index is 2.03. The van der Waals surface area contributed by atoms with E-state index in [0.717, 1.165) is 18.5 Å². The van der Waals surface area contributed by atoms with Crippen molar-refractivity contribution in [2.24, 2.45) is 0 Å². The minimum Gasteiger partial charge on any atom is -0.459 e. The third kappa shape index (κ3) is 1.72. The highest BCUT2D eigenvalue weighted by Gasteiger charge is 2.29. The SMILES string of the molecule is C[C@H]1CCc2ccccc2N1C(=O)c1ccco1. The van der Waals surface area contributed by atoms with Crippen molar-refractivity contribution in [3.8, 4) is 0 Å². The average Bonchev–Trinajstić information content (AvgIpc) is 2.92. The zero-order valence-corrected chi connectivity index (χ0v) is 10.3. The Kier molecular flexibility index (Phi) is 2.67. The number of amides is 1. The predicted octanol–water partition coefficient (Wildman–Crippen LogP) is 3.26. The number of carbonyl (C=O) groups excluding carboxylic acids is 1. The fourth-order valence-corrected chi connectivity index (χ4v) is 2.52. The van der Waals surface area contributed by atoms with Crippen molar-refractivity contribution in [3.63, 3.8) is 0 Å². The number of nitrogens with zero attached hydrogens (tertiary/aromatic N) is 1. The van der Waals surface area contributed by atoms with Gasteiger partial charge in [-0.3, -0.25) is 4.79 Å². The molecule has 0 fully saturated rings. The maximum atomic E-state index is 12.5. The van der Waals surface area contributed by atoms with E-state index >= 15 is 0 Å². The van der Waals surface area contributed by atoms with Gasteiger partial charge in [0, 0.05) is 11.7 Å². The number of hydrogen-bond acceptors (Lipinski definition) is 2. The Morgan fingerprint density at radius 1 is 1.28 bits per heavy atom. The lowest BCUT2D eigenvalue weighted by atomic mass is 9.96.